The zero-order chi connectivity index (χ0) is 21.8. The van der Waals surface area contributed by atoms with Crippen LogP contribution in [-0.4, -0.2) is 43.5 Å². The first-order valence-corrected chi connectivity index (χ1v) is 16.2. The highest BCUT2D eigenvalue weighted by Crippen LogP contribution is 2.26. The van der Waals surface area contributed by atoms with Gasteiger partial charge in [-0.2, -0.15) is 0 Å². The molecular formula is C23H48O4Si2. The summed E-state index contributed by atoms with van der Waals surface area (Å²) in [4.78, 5) is 0. The second-order valence-corrected chi connectivity index (χ2v) is 13.4. The Kier molecular flexibility index (Phi) is 18.4. The summed E-state index contributed by atoms with van der Waals surface area (Å²) in [5, 5.41) is 0. The van der Waals surface area contributed by atoms with Gasteiger partial charge in [0.1, 0.15) is 0 Å². The van der Waals surface area contributed by atoms with E-state index in [1.54, 1.807) is 0 Å². The highest BCUT2D eigenvalue weighted by molar-refractivity contribution is 6.74. The number of rotatable bonds is 20. The molecule has 0 amide bonds. The lowest BCUT2D eigenvalue weighted by Gasteiger charge is -2.30. The lowest BCUT2D eigenvalue weighted by Crippen LogP contribution is -2.43. The van der Waals surface area contributed by atoms with Crippen molar-refractivity contribution < 1.29 is 17.7 Å². The van der Waals surface area contributed by atoms with E-state index < -0.39 is 17.1 Å². The normalized spacial score (nSPS) is 13.2. The average Bonchev–Trinajstić information content (AvgIpc) is 2.69. The van der Waals surface area contributed by atoms with Crippen molar-refractivity contribution in [1.29, 1.82) is 0 Å². The van der Waals surface area contributed by atoms with Gasteiger partial charge in [0.15, 0.2) is 0 Å². The summed E-state index contributed by atoms with van der Waals surface area (Å²) in [6, 6.07) is 1.91. The molecule has 0 aliphatic carbocycles. The van der Waals surface area contributed by atoms with Gasteiger partial charge in [0.2, 0.25) is 0 Å². The van der Waals surface area contributed by atoms with Gasteiger partial charge in [-0.15, -0.1) is 0 Å². The highest BCUT2D eigenvalue weighted by atomic mass is 28.4. The lowest BCUT2D eigenvalue weighted by atomic mass is 10.2. The second-order valence-electron chi connectivity index (χ2n) is 7.30. The van der Waals surface area contributed by atoms with Crippen molar-refractivity contribution in [2.24, 2.45) is 0 Å². The molecule has 0 rings (SSSR count). The third kappa shape index (κ3) is 12.9. The van der Waals surface area contributed by atoms with Gasteiger partial charge in [-0.1, -0.05) is 51.7 Å². The first-order chi connectivity index (χ1) is 14.1. The molecule has 0 atom stereocenters. The molecule has 0 aromatic heterocycles. The van der Waals surface area contributed by atoms with Crippen molar-refractivity contribution in [2.75, 3.05) is 26.4 Å². The zero-order valence-electron chi connectivity index (χ0n) is 20.1. The molecular weight excluding hydrogens is 396 g/mol. The molecule has 0 aromatic carbocycles. The van der Waals surface area contributed by atoms with Crippen LogP contribution in [0.3, 0.4) is 0 Å². The van der Waals surface area contributed by atoms with Crippen LogP contribution in [0.4, 0.5) is 0 Å². The third-order valence-corrected chi connectivity index (χ3v) is 11.5. The first-order valence-electron chi connectivity index (χ1n) is 12.0. The van der Waals surface area contributed by atoms with Gasteiger partial charge in [0.25, 0.3) is 0 Å². The largest absolute Gasteiger partial charge is 0.392 e. The van der Waals surface area contributed by atoms with E-state index in [4.69, 9.17) is 17.7 Å². The Balaban J connectivity index is 5.21. The predicted octanol–water partition coefficient (Wildman–Crippen LogP) is 6.98. The molecule has 0 saturated heterocycles. The van der Waals surface area contributed by atoms with Crippen LogP contribution in [-0.2, 0) is 17.7 Å². The van der Waals surface area contributed by atoms with Crippen molar-refractivity contribution >= 4 is 17.1 Å². The molecule has 4 nitrogen and oxygen atoms in total. The van der Waals surface area contributed by atoms with Crippen LogP contribution in [0.1, 0.15) is 86.5 Å². The van der Waals surface area contributed by atoms with Crippen LogP contribution >= 0.6 is 0 Å². The summed E-state index contributed by atoms with van der Waals surface area (Å²) in [6.07, 6.45) is 12.6. The number of hydrogen-bond donors (Lipinski definition) is 0. The van der Waals surface area contributed by atoms with E-state index in [0.717, 1.165) is 31.4 Å². The van der Waals surface area contributed by atoms with Crippen molar-refractivity contribution in [1.82, 2.24) is 0 Å². The summed E-state index contributed by atoms with van der Waals surface area (Å²) in [5.74, 6) is 0. The van der Waals surface area contributed by atoms with E-state index >= 15 is 0 Å². The Bertz CT molecular complexity index is 377. The molecule has 0 fully saturated rings. The van der Waals surface area contributed by atoms with Gasteiger partial charge in [0, 0.05) is 26.4 Å². The Labute approximate surface area is 183 Å². The molecule has 0 aliphatic heterocycles. The molecule has 0 aromatic rings. The summed E-state index contributed by atoms with van der Waals surface area (Å²) in [7, 11) is -4.66. The van der Waals surface area contributed by atoms with Gasteiger partial charge < -0.3 is 17.7 Å². The molecule has 0 radical (unpaired) electrons. The number of unbranched alkanes of at least 4 members (excludes halogenated alkanes) is 4. The zero-order valence-corrected chi connectivity index (χ0v) is 22.1. The van der Waals surface area contributed by atoms with E-state index in [2.05, 4.69) is 65.1 Å². The maximum Gasteiger partial charge on any atom is 0.364 e. The summed E-state index contributed by atoms with van der Waals surface area (Å²) in [6.45, 7) is 15.5. The Hall–Kier alpha value is -0.246. The topological polar surface area (TPSA) is 36.9 Å². The smallest absolute Gasteiger partial charge is 0.364 e. The van der Waals surface area contributed by atoms with Crippen LogP contribution < -0.4 is 0 Å². The first kappa shape index (κ1) is 28.8. The lowest BCUT2D eigenvalue weighted by molar-refractivity contribution is 0.188. The van der Waals surface area contributed by atoms with Crippen LogP contribution in [0.5, 0.6) is 0 Å². The van der Waals surface area contributed by atoms with E-state index in [-0.39, 0.29) is 0 Å². The van der Waals surface area contributed by atoms with Crippen molar-refractivity contribution in [3.8, 4) is 0 Å². The minimum atomic E-state index is -2.33. The maximum absolute atomic E-state index is 6.24. The fourth-order valence-electron chi connectivity index (χ4n) is 3.46. The van der Waals surface area contributed by atoms with Gasteiger partial charge >= 0.3 is 17.1 Å². The van der Waals surface area contributed by atoms with Gasteiger partial charge in [-0.05, 0) is 70.4 Å². The number of allylic oxidation sites excluding steroid dienone is 2. The minimum absolute atomic E-state index is 0.695. The van der Waals surface area contributed by atoms with Gasteiger partial charge in [-0.25, -0.2) is 0 Å². The Morgan fingerprint density at radius 3 is 1.14 bits per heavy atom. The van der Waals surface area contributed by atoms with E-state index in [0.29, 0.717) is 26.4 Å². The quantitative estimate of drug-likeness (QED) is 0.150. The fraction of sp³-hybridized carbons (Fsp3) is 0.826. The predicted molar refractivity (Wildman–Crippen MR) is 130 cm³/mol. The molecule has 0 spiro atoms. The van der Waals surface area contributed by atoms with E-state index in [1.165, 1.54) is 25.7 Å². The van der Waals surface area contributed by atoms with E-state index in [1.807, 2.05) is 0 Å². The molecule has 0 heterocycles. The summed E-state index contributed by atoms with van der Waals surface area (Å²) < 4.78 is 25.0. The second kappa shape index (κ2) is 18.5. The molecule has 172 valence electrons. The summed E-state index contributed by atoms with van der Waals surface area (Å²) in [5.41, 5.74) is 4.55. The Morgan fingerprint density at radius 2 is 0.862 bits per heavy atom. The molecule has 0 bridgehead atoms. The third-order valence-electron chi connectivity index (χ3n) is 4.80. The summed E-state index contributed by atoms with van der Waals surface area (Å²) >= 11 is 0. The van der Waals surface area contributed by atoms with Gasteiger partial charge in [0.05, 0.1) is 0 Å². The Morgan fingerprint density at radius 1 is 0.517 bits per heavy atom. The molecule has 0 unspecified atom stereocenters. The highest BCUT2D eigenvalue weighted by Gasteiger charge is 2.38. The van der Waals surface area contributed by atoms with E-state index in [9.17, 15) is 0 Å². The monoisotopic (exact) mass is 444 g/mol. The fourth-order valence-corrected chi connectivity index (χ4v) is 9.62. The maximum atomic E-state index is 6.24. The van der Waals surface area contributed by atoms with Crippen LogP contribution in [0, 0.1) is 0 Å². The molecule has 29 heavy (non-hydrogen) atoms. The van der Waals surface area contributed by atoms with Crippen LogP contribution in [0.2, 0.25) is 12.1 Å². The van der Waals surface area contributed by atoms with Crippen LogP contribution in [0.25, 0.3) is 0 Å². The standard InChI is InChI=1S/C23H48O4Si2/c1-7-13-15-17-20-28(24-9-3,25-10-4)22-19-23-29(26-11-5,27-12-6)21-18-16-14-8-2/h17-18,20-21H,7-16,19,22-23H2,1-6H3. The average molecular weight is 445 g/mol. The minimum Gasteiger partial charge on any atom is -0.392 e. The molecule has 0 saturated carbocycles. The van der Waals surface area contributed by atoms with Gasteiger partial charge in [-0.3, -0.25) is 0 Å². The number of hydrogen-bond acceptors (Lipinski definition) is 4. The molecule has 0 aliphatic rings. The van der Waals surface area contributed by atoms with Crippen molar-refractivity contribution in [2.45, 2.75) is 98.6 Å². The SMILES string of the molecule is CCCCC=C[Si](CCC[Si](C=CCCCC)(OCC)OCC)(OCC)OCC. The molecule has 0 N–H and O–H groups in total. The van der Waals surface area contributed by atoms with Crippen molar-refractivity contribution in [3.63, 3.8) is 0 Å². The van der Waals surface area contributed by atoms with Crippen molar-refractivity contribution in [3.05, 3.63) is 23.6 Å². The van der Waals surface area contributed by atoms with Crippen LogP contribution in [0.15, 0.2) is 23.6 Å². The molecule has 6 heteroatoms.